The molecule has 0 N–H and O–H groups in total. The monoisotopic (exact) mass is 186 g/mol. The van der Waals surface area contributed by atoms with E-state index < -0.39 is 0 Å². The molecule has 0 amide bonds. The van der Waals surface area contributed by atoms with E-state index in [9.17, 15) is 4.79 Å². The molecular formula is C9H14O4. The first-order chi connectivity index (χ1) is 6.20. The predicted octanol–water partition coefficient (Wildman–Crippen LogP) is 0.869. The van der Waals surface area contributed by atoms with Gasteiger partial charge in [0.1, 0.15) is 13.4 Å². The van der Waals surface area contributed by atoms with Crippen LogP contribution in [0.4, 0.5) is 0 Å². The van der Waals surface area contributed by atoms with Gasteiger partial charge in [-0.2, -0.15) is 0 Å². The van der Waals surface area contributed by atoms with Gasteiger partial charge in [-0.15, -0.1) is 0 Å². The van der Waals surface area contributed by atoms with Crippen molar-refractivity contribution in [2.24, 2.45) is 0 Å². The highest BCUT2D eigenvalue weighted by molar-refractivity contribution is 5.86. The molecule has 4 nitrogen and oxygen atoms in total. The molecule has 0 bridgehead atoms. The highest BCUT2D eigenvalue weighted by Gasteiger charge is 2.16. The van der Waals surface area contributed by atoms with Crippen molar-refractivity contribution in [2.75, 3.05) is 20.0 Å². The Balaban J connectivity index is 2.17. The summed E-state index contributed by atoms with van der Waals surface area (Å²) >= 11 is 0. The Hall–Kier alpha value is -0.870. The molecule has 0 aromatic carbocycles. The lowest BCUT2D eigenvalue weighted by Crippen LogP contribution is -2.29. The number of esters is 1. The van der Waals surface area contributed by atoms with Crippen LogP contribution in [0.2, 0.25) is 0 Å². The normalized spacial score (nSPS) is 22.4. The van der Waals surface area contributed by atoms with E-state index in [0.717, 1.165) is 6.42 Å². The van der Waals surface area contributed by atoms with Gasteiger partial charge in [-0.05, 0) is 6.92 Å². The Morgan fingerprint density at radius 2 is 2.46 bits per heavy atom. The van der Waals surface area contributed by atoms with Crippen LogP contribution in [-0.4, -0.2) is 32.1 Å². The summed E-state index contributed by atoms with van der Waals surface area (Å²) in [6.45, 7) is 6.33. The fourth-order valence-corrected chi connectivity index (χ4v) is 0.925. The molecule has 1 unspecified atom stereocenters. The largest absolute Gasteiger partial charge is 0.460 e. The van der Waals surface area contributed by atoms with Crippen LogP contribution in [0.15, 0.2) is 12.2 Å². The van der Waals surface area contributed by atoms with Gasteiger partial charge in [0, 0.05) is 12.0 Å². The van der Waals surface area contributed by atoms with E-state index in [1.54, 1.807) is 6.92 Å². The first-order valence-electron chi connectivity index (χ1n) is 4.22. The van der Waals surface area contributed by atoms with E-state index >= 15 is 0 Å². The van der Waals surface area contributed by atoms with Gasteiger partial charge in [0.05, 0.1) is 12.7 Å². The van der Waals surface area contributed by atoms with E-state index in [2.05, 4.69) is 6.58 Å². The van der Waals surface area contributed by atoms with Crippen LogP contribution in [0, 0.1) is 0 Å². The predicted molar refractivity (Wildman–Crippen MR) is 46.1 cm³/mol. The van der Waals surface area contributed by atoms with Crippen LogP contribution < -0.4 is 0 Å². The Bertz CT molecular complexity index is 194. The molecule has 1 aliphatic rings. The lowest BCUT2D eigenvalue weighted by Gasteiger charge is -2.22. The molecule has 1 atom stereocenters. The van der Waals surface area contributed by atoms with Gasteiger partial charge in [-0.3, -0.25) is 0 Å². The number of carbonyl (C=O) groups excluding carboxylic acids is 1. The van der Waals surface area contributed by atoms with Crippen molar-refractivity contribution in [1.29, 1.82) is 0 Å². The Labute approximate surface area is 77.5 Å². The van der Waals surface area contributed by atoms with E-state index in [0.29, 0.717) is 12.2 Å². The summed E-state index contributed by atoms with van der Waals surface area (Å²) in [6.07, 6.45) is 0.737. The third kappa shape index (κ3) is 3.57. The fourth-order valence-electron chi connectivity index (χ4n) is 0.925. The minimum atomic E-state index is -0.366. The molecule has 0 radical (unpaired) electrons. The Morgan fingerprint density at radius 3 is 3.00 bits per heavy atom. The average Bonchev–Trinajstić information content (AvgIpc) is 2.15. The number of hydrogen-bond acceptors (Lipinski definition) is 4. The molecule has 1 saturated heterocycles. The lowest BCUT2D eigenvalue weighted by molar-refractivity contribution is -0.166. The van der Waals surface area contributed by atoms with E-state index in [-0.39, 0.29) is 25.5 Å². The summed E-state index contributed by atoms with van der Waals surface area (Å²) in [5.41, 5.74) is 0.409. The van der Waals surface area contributed by atoms with Crippen LogP contribution in [0.3, 0.4) is 0 Å². The summed E-state index contributed by atoms with van der Waals surface area (Å²) in [5, 5.41) is 0. The number of rotatable bonds is 3. The minimum Gasteiger partial charge on any atom is -0.460 e. The third-order valence-corrected chi connectivity index (χ3v) is 1.72. The average molecular weight is 186 g/mol. The molecule has 0 aromatic rings. The molecule has 1 fully saturated rings. The topological polar surface area (TPSA) is 44.8 Å². The second kappa shape index (κ2) is 4.99. The molecule has 0 spiro atoms. The molecular weight excluding hydrogens is 172 g/mol. The van der Waals surface area contributed by atoms with E-state index in [1.807, 2.05) is 0 Å². The SMILES string of the molecule is C=C(C)C(=O)OCC1CCOCO1. The van der Waals surface area contributed by atoms with Gasteiger partial charge in [-0.1, -0.05) is 6.58 Å². The number of hydrogen-bond donors (Lipinski definition) is 0. The zero-order valence-electron chi connectivity index (χ0n) is 7.75. The molecule has 13 heavy (non-hydrogen) atoms. The Kier molecular flexibility index (Phi) is 3.92. The second-order valence-corrected chi connectivity index (χ2v) is 2.98. The first kappa shape index (κ1) is 10.2. The van der Waals surface area contributed by atoms with Crippen LogP contribution in [0.5, 0.6) is 0 Å². The molecule has 74 valence electrons. The molecule has 4 heteroatoms. The lowest BCUT2D eigenvalue weighted by atomic mass is 10.2. The molecule has 1 heterocycles. The summed E-state index contributed by atoms with van der Waals surface area (Å²) in [5.74, 6) is -0.366. The highest BCUT2D eigenvalue weighted by Crippen LogP contribution is 2.07. The van der Waals surface area contributed by atoms with Crippen molar-refractivity contribution in [3.8, 4) is 0 Å². The first-order valence-corrected chi connectivity index (χ1v) is 4.22. The molecule has 0 aromatic heterocycles. The summed E-state index contributed by atoms with van der Waals surface area (Å²) < 4.78 is 15.1. The van der Waals surface area contributed by atoms with E-state index in [4.69, 9.17) is 14.2 Å². The van der Waals surface area contributed by atoms with Gasteiger partial charge in [0.25, 0.3) is 0 Å². The Morgan fingerprint density at radius 1 is 1.69 bits per heavy atom. The fraction of sp³-hybridized carbons (Fsp3) is 0.667. The van der Waals surface area contributed by atoms with Gasteiger partial charge < -0.3 is 14.2 Å². The minimum absolute atomic E-state index is 0.0305. The standard InChI is InChI=1S/C9H14O4/c1-7(2)9(10)12-5-8-3-4-11-6-13-8/h8H,1,3-6H2,2H3. The van der Waals surface area contributed by atoms with Crippen LogP contribution in [0.1, 0.15) is 13.3 Å². The van der Waals surface area contributed by atoms with Gasteiger partial charge >= 0.3 is 5.97 Å². The van der Waals surface area contributed by atoms with Gasteiger partial charge in [0.2, 0.25) is 0 Å². The smallest absolute Gasteiger partial charge is 0.333 e. The van der Waals surface area contributed by atoms with Crippen molar-refractivity contribution in [2.45, 2.75) is 19.4 Å². The maximum atomic E-state index is 11.0. The quantitative estimate of drug-likeness (QED) is 0.484. The summed E-state index contributed by atoms with van der Waals surface area (Å²) in [6, 6.07) is 0. The van der Waals surface area contributed by atoms with Crippen molar-refractivity contribution in [3.05, 3.63) is 12.2 Å². The zero-order valence-corrected chi connectivity index (χ0v) is 7.75. The zero-order chi connectivity index (χ0) is 9.68. The van der Waals surface area contributed by atoms with Crippen molar-refractivity contribution < 1.29 is 19.0 Å². The van der Waals surface area contributed by atoms with Crippen LogP contribution >= 0.6 is 0 Å². The van der Waals surface area contributed by atoms with E-state index in [1.165, 1.54) is 0 Å². The van der Waals surface area contributed by atoms with Crippen LogP contribution in [-0.2, 0) is 19.0 Å². The summed E-state index contributed by atoms with van der Waals surface area (Å²) in [7, 11) is 0. The van der Waals surface area contributed by atoms with Gasteiger partial charge in [-0.25, -0.2) is 4.79 Å². The molecule has 0 saturated carbocycles. The summed E-state index contributed by atoms with van der Waals surface area (Å²) in [4.78, 5) is 11.0. The second-order valence-electron chi connectivity index (χ2n) is 2.98. The molecule has 1 rings (SSSR count). The highest BCUT2D eigenvalue weighted by atomic mass is 16.7. The number of carbonyl (C=O) groups is 1. The maximum Gasteiger partial charge on any atom is 0.333 e. The van der Waals surface area contributed by atoms with Gasteiger partial charge in [0.15, 0.2) is 0 Å². The van der Waals surface area contributed by atoms with Crippen molar-refractivity contribution >= 4 is 5.97 Å². The van der Waals surface area contributed by atoms with Crippen molar-refractivity contribution in [3.63, 3.8) is 0 Å². The molecule has 0 aliphatic carbocycles. The maximum absolute atomic E-state index is 11.0. The third-order valence-electron chi connectivity index (χ3n) is 1.72. The van der Waals surface area contributed by atoms with Crippen LogP contribution in [0.25, 0.3) is 0 Å². The molecule has 1 aliphatic heterocycles. The number of ether oxygens (including phenoxy) is 3. The van der Waals surface area contributed by atoms with Crippen molar-refractivity contribution in [1.82, 2.24) is 0 Å².